The summed E-state index contributed by atoms with van der Waals surface area (Å²) in [4.78, 5) is 5.97. The quantitative estimate of drug-likeness (QED) is 0.822. The number of hydrogen-bond acceptors (Lipinski definition) is 2. The summed E-state index contributed by atoms with van der Waals surface area (Å²) in [6.45, 7) is 10.3. The van der Waals surface area contributed by atoms with Gasteiger partial charge in [0, 0.05) is 17.4 Å². The van der Waals surface area contributed by atoms with E-state index in [2.05, 4.69) is 48.1 Å². The molecule has 2 rings (SSSR count). The molecular weight excluding hydrogens is 210 g/mol. The molecule has 2 heterocycles. The van der Waals surface area contributed by atoms with E-state index in [-0.39, 0.29) is 5.54 Å². The van der Waals surface area contributed by atoms with Crippen molar-refractivity contribution in [1.29, 1.82) is 0 Å². The van der Waals surface area contributed by atoms with E-state index in [9.17, 15) is 0 Å². The minimum atomic E-state index is 0.164. The summed E-state index contributed by atoms with van der Waals surface area (Å²) in [5.41, 5.74) is 1.46. The third-order valence-corrected chi connectivity index (χ3v) is 3.97. The van der Waals surface area contributed by atoms with Gasteiger partial charge in [0.15, 0.2) is 0 Å². The summed E-state index contributed by atoms with van der Waals surface area (Å²) in [5.74, 6) is 0. The molecule has 1 aromatic heterocycles. The highest BCUT2D eigenvalue weighted by atomic mass is 15.2. The molecule has 1 aliphatic rings. The standard InChI is InChI=1S/C14H25N3/c1-4-15-13(12-8-7-9-16-12)14(2,3)17-10-5-6-11-17/h7-9,13,15-16H,4-6,10-11H2,1-3H3. The van der Waals surface area contributed by atoms with E-state index in [0.29, 0.717) is 6.04 Å². The van der Waals surface area contributed by atoms with Gasteiger partial charge in [-0.2, -0.15) is 0 Å². The molecule has 1 fully saturated rings. The van der Waals surface area contributed by atoms with E-state index in [0.717, 1.165) is 6.54 Å². The first-order chi connectivity index (χ1) is 8.16. The highest BCUT2D eigenvalue weighted by Gasteiger charge is 2.37. The zero-order chi connectivity index (χ0) is 12.3. The smallest absolute Gasteiger partial charge is 0.0654 e. The number of aromatic amines is 1. The van der Waals surface area contributed by atoms with Crippen LogP contribution in [0.2, 0.25) is 0 Å². The summed E-state index contributed by atoms with van der Waals surface area (Å²) < 4.78 is 0. The summed E-state index contributed by atoms with van der Waals surface area (Å²) >= 11 is 0. The molecule has 0 bridgehead atoms. The van der Waals surface area contributed by atoms with Crippen molar-refractivity contribution >= 4 is 0 Å². The molecule has 2 N–H and O–H groups in total. The lowest BCUT2D eigenvalue weighted by molar-refractivity contribution is 0.106. The van der Waals surface area contributed by atoms with E-state index >= 15 is 0 Å². The van der Waals surface area contributed by atoms with Crippen molar-refractivity contribution in [2.24, 2.45) is 0 Å². The normalized spacial score (nSPS) is 19.7. The fraction of sp³-hybridized carbons (Fsp3) is 0.714. The van der Waals surface area contributed by atoms with E-state index in [4.69, 9.17) is 0 Å². The second kappa shape index (κ2) is 5.23. The largest absolute Gasteiger partial charge is 0.364 e. The highest BCUT2D eigenvalue weighted by Crippen LogP contribution is 2.32. The van der Waals surface area contributed by atoms with Gasteiger partial charge in [0.1, 0.15) is 0 Å². The van der Waals surface area contributed by atoms with Gasteiger partial charge in [0.2, 0.25) is 0 Å². The first-order valence-electron chi connectivity index (χ1n) is 6.78. The second-order valence-electron chi connectivity index (χ2n) is 5.46. The number of likely N-dealkylation sites (N-methyl/N-ethyl adjacent to an activating group) is 1. The molecule has 1 saturated heterocycles. The van der Waals surface area contributed by atoms with Crippen molar-refractivity contribution < 1.29 is 0 Å². The topological polar surface area (TPSA) is 31.1 Å². The van der Waals surface area contributed by atoms with Crippen molar-refractivity contribution in [1.82, 2.24) is 15.2 Å². The predicted octanol–water partition coefficient (Wildman–Crippen LogP) is 2.54. The molecule has 0 saturated carbocycles. The molecular formula is C14H25N3. The van der Waals surface area contributed by atoms with Gasteiger partial charge in [-0.25, -0.2) is 0 Å². The summed E-state index contributed by atoms with van der Waals surface area (Å²) in [6.07, 6.45) is 4.69. The molecule has 0 radical (unpaired) electrons. The minimum absolute atomic E-state index is 0.164. The Bertz CT molecular complexity index is 323. The van der Waals surface area contributed by atoms with Crippen LogP contribution in [-0.4, -0.2) is 35.1 Å². The molecule has 1 atom stereocenters. The van der Waals surface area contributed by atoms with E-state index in [1.807, 2.05) is 6.20 Å². The van der Waals surface area contributed by atoms with Crippen LogP contribution in [0.4, 0.5) is 0 Å². The van der Waals surface area contributed by atoms with Crippen molar-refractivity contribution in [2.75, 3.05) is 19.6 Å². The Kier molecular flexibility index (Phi) is 3.89. The maximum atomic E-state index is 3.63. The van der Waals surface area contributed by atoms with Crippen LogP contribution in [0, 0.1) is 0 Å². The number of nitrogens with one attached hydrogen (secondary N) is 2. The fourth-order valence-electron chi connectivity index (χ4n) is 2.94. The predicted molar refractivity (Wildman–Crippen MR) is 72.1 cm³/mol. The Hall–Kier alpha value is -0.800. The Morgan fingerprint density at radius 3 is 2.65 bits per heavy atom. The Morgan fingerprint density at radius 2 is 2.12 bits per heavy atom. The zero-order valence-corrected chi connectivity index (χ0v) is 11.3. The molecule has 3 nitrogen and oxygen atoms in total. The third-order valence-electron chi connectivity index (χ3n) is 3.97. The molecule has 1 unspecified atom stereocenters. The van der Waals surface area contributed by atoms with Crippen molar-refractivity contribution in [3.05, 3.63) is 24.0 Å². The first-order valence-corrected chi connectivity index (χ1v) is 6.78. The van der Waals surface area contributed by atoms with Gasteiger partial charge in [-0.1, -0.05) is 6.92 Å². The number of H-pyrrole nitrogens is 1. The lowest BCUT2D eigenvalue weighted by Gasteiger charge is -2.42. The summed E-state index contributed by atoms with van der Waals surface area (Å²) in [6, 6.07) is 4.64. The second-order valence-corrected chi connectivity index (χ2v) is 5.46. The SMILES string of the molecule is CCNC(c1ccc[nH]1)C(C)(C)N1CCCC1. The van der Waals surface area contributed by atoms with E-state index in [1.54, 1.807) is 0 Å². The number of hydrogen-bond donors (Lipinski definition) is 2. The molecule has 3 heteroatoms. The van der Waals surface area contributed by atoms with Crippen molar-refractivity contribution in [3.8, 4) is 0 Å². The number of aromatic nitrogens is 1. The van der Waals surface area contributed by atoms with Crippen LogP contribution in [0.5, 0.6) is 0 Å². The number of likely N-dealkylation sites (tertiary alicyclic amines) is 1. The van der Waals surface area contributed by atoms with Gasteiger partial charge in [-0.05, 0) is 58.5 Å². The van der Waals surface area contributed by atoms with E-state index in [1.165, 1.54) is 31.6 Å². The number of rotatable bonds is 5. The third kappa shape index (κ3) is 2.55. The average Bonchev–Trinajstić information content (AvgIpc) is 2.97. The molecule has 0 aliphatic carbocycles. The van der Waals surface area contributed by atoms with Crippen molar-refractivity contribution in [3.63, 3.8) is 0 Å². The molecule has 1 aromatic rings. The van der Waals surface area contributed by atoms with Gasteiger partial charge in [-0.3, -0.25) is 4.90 Å². The van der Waals surface area contributed by atoms with Crippen LogP contribution in [0.3, 0.4) is 0 Å². The molecule has 96 valence electrons. The fourth-order valence-corrected chi connectivity index (χ4v) is 2.94. The summed E-state index contributed by atoms with van der Waals surface area (Å²) in [5, 5.41) is 3.63. The zero-order valence-electron chi connectivity index (χ0n) is 11.3. The number of nitrogens with zero attached hydrogens (tertiary/aromatic N) is 1. The van der Waals surface area contributed by atoms with E-state index < -0.39 is 0 Å². The maximum Gasteiger partial charge on any atom is 0.0654 e. The molecule has 0 aromatic carbocycles. The first kappa shape index (κ1) is 12.7. The molecule has 0 spiro atoms. The lowest BCUT2D eigenvalue weighted by atomic mass is 9.90. The maximum absolute atomic E-state index is 3.63. The highest BCUT2D eigenvalue weighted by molar-refractivity contribution is 5.15. The molecule has 0 amide bonds. The lowest BCUT2D eigenvalue weighted by Crippen LogP contribution is -2.51. The Labute approximate surface area is 105 Å². The van der Waals surface area contributed by atoms with Crippen LogP contribution >= 0.6 is 0 Å². The van der Waals surface area contributed by atoms with Crippen LogP contribution in [0.25, 0.3) is 0 Å². The van der Waals surface area contributed by atoms with Crippen LogP contribution in [0.1, 0.15) is 45.3 Å². The Balaban J connectivity index is 2.19. The van der Waals surface area contributed by atoms with Crippen LogP contribution < -0.4 is 5.32 Å². The van der Waals surface area contributed by atoms with Crippen molar-refractivity contribution in [2.45, 2.75) is 45.2 Å². The molecule has 1 aliphatic heterocycles. The van der Waals surface area contributed by atoms with Crippen LogP contribution in [-0.2, 0) is 0 Å². The van der Waals surface area contributed by atoms with Gasteiger partial charge >= 0.3 is 0 Å². The summed E-state index contributed by atoms with van der Waals surface area (Å²) in [7, 11) is 0. The minimum Gasteiger partial charge on any atom is -0.364 e. The Morgan fingerprint density at radius 1 is 1.41 bits per heavy atom. The van der Waals surface area contributed by atoms with Gasteiger partial charge < -0.3 is 10.3 Å². The van der Waals surface area contributed by atoms with Gasteiger partial charge in [0.05, 0.1) is 6.04 Å². The van der Waals surface area contributed by atoms with Gasteiger partial charge in [0.25, 0.3) is 0 Å². The van der Waals surface area contributed by atoms with Crippen LogP contribution in [0.15, 0.2) is 18.3 Å². The molecule has 17 heavy (non-hydrogen) atoms. The monoisotopic (exact) mass is 235 g/mol. The average molecular weight is 235 g/mol. The van der Waals surface area contributed by atoms with Gasteiger partial charge in [-0.15, -0.1) is 0 Å².